The van der Waals surface area contributed by atoms with E-state index in [1.807, 2.05) is 0 Å². The van der Waals surface area contributed by atoms with Crippen molar-refractivity contribution in [3.63, 3.8) is 0 Å². The van der Waals surface area contributed by atoms with Gasteiger partial charge in [-0.05, 0) is 25.2 Å². The number of unbranched alkanes of at least 4 members (excludes halogenated alkanes) is 21. The highest BCUT2D eigenvalue weighted by atomic mass is 16.4. The van der Waals surface area contributed by atoms with Crippen LogP contribution in [0.2, 0.25) is 0 Å². The summed E-state index contributed by atoms with van der Waals surface area (Å²) in [5.41, 5.74) is -0.695. The molecule has 0 heterocycles. The number of hydrogen-bond acceptors (Lipinski definition) is 3. The third kappa shape index (κ3) is 27.4. The second-order valence-electron chi connectivity index (χ2n) is 14.0. The molecule has 0 saturated carbocycles. The first-order valence-electron chi connectivity index (χ1n) is 19.3. The van der Waals surface area contributed by atoms with E-state index < -0.39 is 11.6 Å². The molecule has 0 fully saturated rings. The van der Waals surface area contributed by atoms with Crippen LogP contribution in [0.25, 0.3) is 0 Å². The number of aliphatic hydroxyl groups is 2. The Morgan fingerprint density at radius 1 is 0.535 bits per heavy atom. The lowest BCUT2D eigenvalue weighted by Gasteiger charge is -2.41. The Hall–Kier alpha value is -0.610. The summed E-state index contributed by atoms with van der Waals surface area (Å²) < 4.78 is 0. The first-order chi connectivity index (χ1) is 20.7. The van der Waals surface area contributed by atoms with Crippen LogP contribution in [0.4, 0.5) is 0 Å². The molecule has 0 spiro atoms. The molecule has 4 heteroatoms. The maximum atomic E-state index is 12.1. The first kappa shape index (κ1) is 44.5. The highest BCUT2D eigenvalue weighted by molar-refractivity contribution is 5.68. The van der Waals surface area contributed by atoms with Gasteiger partial charge in [0.2, 0.25) is 0 Å². The predicted molar refractivity (Wildman–Crippen MR) is 189 cm³/mol. The molecule has 3 atom stereocenters. The van der Waals surface area contributed by atoms with Gasteiger partial charge < -0.3 is 15.3 Å². The summed E-state index contributed by atoms with van der Waals surface area (Å²) in [7, 11) is 0. The smallest absolute Gasteiger partial charge is 0.305 e. The Morgan fingerprint density at radius 3 is 1.16 bits per heavy atom. The van der Waals surface area contributed by atoms with Gasteiger partial charge >= 0.3 is 5.97 Å². The second-order valence-corrected chi connectivity index (χ2v) is 14.0. The molecule has 0 saturated heterocycles. The Morgan fingerprint density at radius 2 is 0.837 bits per heavy atom. The van der Waals surface area contributed by atoms with Gasteiger partial charge in [-0.3, -0.25) is 4.79 Å². The fraction of sp³-hybridized carbons (Fsp3) is 0.974. The topological polar surface area (TPSA) is 77.8 Å². The third-order valence-corrected chi connectivity index (χ3v) is 9.60. The van der Waals surface area contributed by atoms with E-state index in [9.17, 15) is 15.0 Å². The summed E-state index contributed by atoms with van der Waals surface area (Å²) in [6, 6.07) is 0. The number of aliphatic hydroxyl groups excluding tert-OH is 1. The van der Waals surface area contributed by atoms with Gasteiger partial charge in [0, 0.05) is 12.5 Å². The first-order valence-corrected chi connectivity index (χ1v) is 19.3. The molecule has 0 aromatic rings. The molecule has 0 aromatic carbocycles. The molecule has 3 N–H and O–H groups in total. The Bertz CT molecular complexity index is 563. The van der Waals surface area contributed by atoms with Crippen molar-refractivity contribution >= 4 is 5.97 Å². The number of carbonyl (C=O) groups is 1. The minimum absolute atomic E-state index is 0.0428. The lowest BCUT2D eigenvalue weighted by molar-refractivity contribution is -0.140. The van der Waals surface area contributed by atoms with Crippen molar-refractivity contribution < 1.29 is 20.1 Å². The summed E-state index contributed by atoms with van der Waals surface area (Å²) >= 11 is 0. The van der Waals surface area contributed by atoms with Gasteiger partial charge in [0.1, 0.15) is 0 Å². The monoisotopic (exact) mass is 613 g/mol. The lowest BCUT2D eigenvalue weighted by atomic mass is 9.71. The van der Waals surface area contributed by atoms with E-state index in [-0.39, 0.29) is 24.4 Å². The lowest BCUT2D eigenvalue weighted by Crippen LogP contribution is -2.46. The van der Waals surface area contributed by atoms with Crippen molar-refractivity contribution in [1.82, 2.24) is 0 Å². The summed E-state index contributed by atoms with van der Waals surface area (Å²) in [6.45, 7) is 12.5. The fourth-order valence-corrected chi connectivity index (χ4v) is 6.25. The van der Waals surface area contributed by atoms with Gasteiger partial charge in [-0.2, -0.15) is 0 Å². The Labute approximate surface area is 270 Å². The van der Waals surface area contributed by atoms with E-state index in [1.54, 1.807) is 13.8 Å². The van der Waals surface area contributed by atoms with E-state index >= 15 is 0 Å². The molecule has 260 valence electrons. The van der Waals surface area contributed by atoms with E-state index in [1.165, 1.54) is 141 Å². The zero-order valence-corrected chi connectivity index (χ0v) is 30.3. The van der Waals surface area contributed by atoms with Crippen LogP contribution in [0.5, 0.6) is 0 Å². The van der Waals surface area contributed by atoms with Gasteiger partial charge in [-0.25, -0.2) is 0 Å². The normalized spacial score (nSPS) is 14.3. The summed E-state index contributed by atoms with van der Waals surface area (Å²) in [5, 5.41) is 30.4. The van der Waals surface area contributed by atoms with Crippen LogP contribution < -0.4 is 0 Å². The third-order valence-electron chi connectivity index (χ3n) is 9.60. The number of carboxylic acid groups (broad SMARTS) is 1. The molecule has 4 nitrogen and oxygen atoms in total. The van der Waals surface area contributed by atoms with Gasteiger partial charge in [-0.15, -0.1) is 0 Å². The molecule has 0 aromatic heterocycles. The molecule has 0 rings (SSSR count). The van der Waals surface area contributed by atoms with E-state index in [0.29, 0.717) is 0 Å². The largest absolute Gasteiger partial charge is 0.481 e. The minimum Gasteiger partial charge on any atom is -0.481 e. The molecule has 0 radical (unpaired) electrons. The highest BCUT2D eigenvalue weighted by Gasteiger charge is 2.40. The average Bonchev–Trinajstić information content (AvgIpc) is 2.99. The molecule has 0 bridgehead atoms. The molecular formula is C39H80O4. The predicted octanol–water partition coefficient (Wildman–Crippen LogP) is 12.3. The molecule has 0 aliphatic rings. The van der Waals surface area contributed by atoms with Crippen LogP contribution in [-0.2, 0) is 4.79 Å². The van der Waals surface area contributed by atoms with Crippen molar-refractivity contribution in [3.05, 3.63) is 0 Å². The van der Waals surface area contributed by atoms with Crippen LogP contribution in [0, 0.1) is 17.8 Å². The molecule has 0 amide bonds. The minimum atomic E-state index is -0.741. The Balaban J connectivity index is 0. The van der Waals surface area contributed by atoms with Crippen molar-refractivity contribution in [3.8, 4) is 0 Å². The zero-order chi connectivity index (χ0) is 32.6. The van der Waals surface area contributed by atoms with Crippen molar-refractivity contribution in [2.24, 2.45) is 17.8 Å². The fourth-order valence-electron chi connectivity index (χ4n) is 6.25. The van der Waals surface area contributed by atoms with Gasteiger partial charge in [0.25, 0.3) is 0 Å². The maximum absolute atomic E-state index is 12.1. The number of hydrogen-bond donors (Lipinski definition) is 3. The van der Waals surface area contributed by atoms with E-state index in [0.717, 1.165) is 32.1 Å². The summed E-state index contributed by atoms with van der Waals surface area (Å²) in [6.07, 6.45) is 34.6. The molecule has 43 heavy (non-hydrogen) atoms. The SMILES string of the molecule is CC(C)C(=O)O.CCCCCCCCCCC(C)C(O)(CCCCCCCCCC)C(CO)CCCCCCCCCC. The van der Waals surface area contributed by atoms with Crippen molar-refractivity contribution in [2.75, 3.05) is 6.61 Å². The van der Waals surface area contributed by atoms with Gasteiger partial charge in [-0.1, -0.05) is 196 Å². The summed E-state index contributed by atoms with van der Waals surface area (Å²) in [5.74, 6) is -0.649. The molecule has 3 unspecified atom stereocenters. The average molecular weight is 613 g/mol. The molecule has 0 aliphatic heterocycles. The molecule has 0 aliphatic carbocycles. The standard InChI is InChI=1S/C35H72O2.C4H8O2/c1-5-8-11-14-17-20-23-26-29-33(4)35(37,31-28-25-22-19-16-13-10-7-3)34(32-36)30-27-24-21-18-15-12-9-6-2;1-3(2)4(5)6/h33-34,36-37H,5-32H2,1-4H3;3H,1-2H3,(H,5,6). The molecular weight excluding hydrogens is 532 g/mol. The van der Waals surface area contributed by atoms with Crippen LogP contribution >= 0.6 is 0 Å². The quantitative estimate of drug-likeness (QED) is 0.0680. The van der Waals surface area contributed by atoms with Crippen molar-refractivity contribution in [2.45, 2.75) is 221 Å². The van der Waals surface area contributed by atoms with Crippen LogP contribution in [0.1, 0.15) is 215 Å². The van der Waals surface area contributed by atoms with Gasteiger partial charge in [0.05, 0.1) is 11.5 Å². The highest BCUT2D eigenvalue weighted by Crippen LogP contribution is 2.38. The number of rotatable bonds is 31. The van der Waals surface area contributed by atoms with E-state index in [2.05, 4.69) is 27.7 Å². The van der Waals surface area contributed by atoms with Crippen LogP contribution in [0.3, 0.4) is 0 Å². The van der Waals surface area contributed by atoms with Crippen LogP contribution in [0.15, 0.2) is 0 Å². The Kier molecular flexibility index (Phi) is 33.9. The zero-order valence-electron chi connectivity index (χ0n) is 30.3. The second kappa shape index (κ2) is 32.8. The van der Waals surface area contributed by atoms with E-state index in [4.69, 9.17) is 5.11 Å². The number of carboxylic acids is 1. The summed E-state index contributed by atoms with van der Waals surface area (Å²) in [4.78, 5) is 9.70. The van der Waals surface area contributed by atoms with Crippen LogP contribution in [-0.4, -0.2) is 33.5 Å². The maximum Gasteiger partial charge on any atom is 0.305 e. The van der Waals surface area contributed by atoms with Gasteiger partial charge in [0.15, 0.2) is 0 Å². The van der Waals surface area contributed by atoms with Crippen molar-refractivity contribution in [1.29, 1.82) is 0 Å². The number of aliphatic carboxylic acids is 1.